The molecule has 0 aromatic carbocycles. The molecule has 2 N–H and O–H groups in total. The molecule has 0 aliphatic carbocycles. The first-order chi connectivity index (χ1) is 33.9. The third kappa shape index (κ3) is 56.4. The molecule has 0 saturated carbocycles. The molecular weight excluding hydrogens is 875 g/mol. The highest BCUT2D eigenvalue weighted by atomic mass is 32.2. The standard InChI is InChI=1S/C43H77NO6S.C18H34/c1-4-6-8-10-12-14-16-18-20-22-24-26-28-30-32-34-41(45)49-39-43(38-48-3,44-36-37-51-47)40-50-42(46)35-33-31-29-27-25-23-21-19-17-15-13-11-9-7-5-2;1-3-5-7-9-11-13-15-17-18-16-14-12-10-8-6-4-2/h12-15,18-21,44,47H,4-11,16-17,22-40H2,1-3H3;11,13,17-18H,3-10,12,14-16H2,1-2H3/b14-12-,15-13-,20-18-,21-19-;13-11-,18-17-. The van der Waals surface area contributed by atoms with Gasteiger partial charge < -0.3 is 24.1 Å². The fourth-order valence-corrected chi connectivity index (χ4v) is 7.91. The van der Waals surface area contributed by atoms with Crippen molar-refractivity contribution < 1.29 is 28.4 Å². The molecule has 0 saturated heterocycles. The molecule has 0 spiro atoms. The summed E-state index contributed by atoms with van der Waals surface area (Å²) in [6.45, 7) is 9.73. The van der Waals surface area contributed by atoms with Gasteiger partial charge in [-0.05, 0) is 121 Å². The average molecular weight is 987 g/mol. The van der Waals surface area contributed by atoms with Crippen LogP contribution in [-0.4, -0.2) is 61.3 Å². The van der Waals surface area contributed by atoms with Crippen molar-refractivity contribution in [2.24, 2.45) is 0 Å². The lowest BCUT2D eigenvalue weighted by molar-refractivity contribution is -0.153. The highest BCUT2D eigenvalue weighted by Crippen LogP contribution is 2.15. The maximum atomic E-state index is 12.6. The van der Waals surface area contributed by atoms with E-state index in [4.69, 9.17) is 14.2 Å². The van der Waals surface area contributed by atoms with E-state index in [0.717, 1.165) is 95.5 Å². The first kappa shape index (κ1) is 68.7. The molecule has 7 nitrogen and oxygen atoms in total. The summed E-state index contributed by atoms with van der Waals surface area (Å²) in [6.07, 6.45) is 69.3. The number of esters is 2. The number of carbonyl (C=O) groups excluding carboxylic acids is 2. The van der Waals surface area contributed by atoms with Crippen LogP contribution in [-0.2, 0) is 23.8 Å². The Morgan fingerprint density at radius 1 is 0.420 bits per heavy atom. The summed E-state index contributed by atoms with van der Waals surface area (Å²) in [5, 5.41) is 3.31. The van der Waals surface area contributed by atoms with Gasteiger partial charge in [-0.15, -0.1) is 0 Å². The fourth-order valence-electron chi connectivity index (χ4n) is 7.72. The monoisotopic (exact) mass is 986 g/mol. The van der Waals surface area contributed by atoms with E-state index in [-0.39, 0.29) is 31.8 Å². The second kappa shape index (κ2) is 59.9. The van der Waals surface area contributed by atoms with Gasteiger partial charge in [0.1, 0.15) is 18.8 Å². The minimum atomic E-state index is -0.869. The van der Waals surface area contributed by atoms with Crippen molar-refractivity contribution in [3.63, 3.8) is 0 Å². The summed E-state index contributed by atoms with van der Waals surface area (Å²) >= 11 is 0.732. The summed E-state index contributed by atoms with van der Waals surface area (Å²) in [4.78, 5) is 25.2. The molecule has 0 aromatic rings. The first-order valence-electron chi connectivity index (χ1n) is 28.7. The van der Waals surface area contributed by atoms with E-state index in [1.54, 1.807) is 7.11 Å². The Labute approximate surface area is 432 Å². The van der Waals surface area contributed by atoms with E-state index in [1.807, 2.05) is 0 Å². The molecule has 0 heterocycles. The maximum absolute atomic E-state index is 12.6. The van der Waals surface area contributed by atoms with Crippen LogP contribution in [0.2, 0.25) is 0 Å². The Balaban J connectivity index is 0. The molecule has 402 valence electrons. The third-order valence-electron chi connectivity index (χ3n) is 12.1. The Kier molecular flexibility index (Phi) is 59.6. The maximum Gasteiger partial charge on any atom is 0.305 e. The van der Waals surface area contributed by atoms with E-state index in [1.165, 1.54) is 135 Å². The van der Waals surface area contributed by atoms with Crippen molar-refractivity contribution in [1.29, 1.82) is 0 Å². The van der Waals surface area contributed by atoms with Crippen molar-refractivity contribution in [2.45, 2.75) is 264 Å². The predicted molar refractivity (Wildman–Crippen MR) is 303 cm³/mol. The van der Waals surface area contributed by atoms with Crippen LogP contribution in [0.4, 0.5) is 0 Å². The Hall–Kier alpha value is -2.39. The van der Waals surface area contributed by atoms with Crippen LogP contribution < -0.4 is 5.32 Å². The number of ether oxygens (including phenoxy) is 3. The quantitative estimate of drug-likeness (QED) is 0.0269. The number of unbranched alkanes of at least 4 members (excludes halogenated alkanes) is 25. The molecule has 0 atom stereocenters. The average Bonchev–Trinajstić information content (AvgIpc) is 3.35. The topological polar surface area (TPSA) is 94.1 Å². The number of allylic oxidation sites excluding steroid dienone is 12. The van der Waals surface area contributed by atoms with Crippen LogP contribution in [0.1, 0.15) is 259 Å². The molecule has 0 aliphatic rings. The minimum absolute atomic E-state index is 0.0347. The first-order valence-corrected chi connectivity index (χ1v) is 29.6. The number of rotatable bonds is 51. The second-order valence-electron chi connectivity index (χ2n) is 19.0. The normalized spacial score (nSPS) is 12.2. The SMILES string of the molecule is CCCCC/C=C\C/C=C\CCCCCCCC.CCCCC/C=C\C/C=C\CCCCCCCC(=O)OCC(COC)(COC(=O)CCCCCCC/C=C\C/C=C\CCCCC)NCCSO. The van der Waals surface area contributed by atoms with Crippen molar-refractivity contribution in [3.05, 3.63) is 72.9 Å². The molecule has 69 heavy (non-hydrogen) atoms. The van der Waals surface area contributed by atoms with Gasteiger partial charge in [-0.3, -0.25) is 9.59 Å². The molecule has 0 unspecified atom stereocenters. The Morgan fingerprint density at radius 2 is 0.710 bits per heavy atom. The third-order valence-corrected chi connectivity index (χ3v) is 12.5. The van der Waals surface area contributed by atoms with Gasteiger partial charge in [0.15, 0.2) is 0 Å². The zero-order valence-corrected chi connectivity index (χ0v) is 46.6. The number of carbonyl (C=O) groups is 2. The van der Waals surface area contributed by atoms with Gasteiger partial charge in [0.2, 0.25) is 0 Å². The molecule has 0 fully saturated rings. The van der Waals surface area contributed by atoms with Crippen molar-refractivity contribution in [1.82, 2.24) is 5.32 Å². The van der Waals surface area contributed by atoms with E-state index in [0.29, 0.717) is 25.1 Å². The molecule has 0 amide bonds. The van der Waals surface area contributed by atoms with Gasteiger partial charge in [0, 0.05) is 32.2 Å². The van der Waals surface area contributed by atoms with Gasteiger partial charge in [-0.2, -0.15) is 0 Å². The summed E-state index contributed by atoms with van der Waals surface area (Å²) in [5.74, 6) is -0.0578. The predicted octanol–water partition coefficient (Wildman–Crippen LogP) is 18.7. The number of hydrogen-bond donors (Lipinski definition) is 2. The number of methoxy groups -OCH3 is 1. The summed E-state index contributed by atoms with van der Waals surface area (Å²) < 4.78 is 26.0. The lowest BCUT2D eigenvalue weighted by Gasteiger charge is -2.33. The van der Waals surface area contributed by atoms with Gasteiger partial charge >= 0.3 is 11.9 Å². The number of nitrogens with one attached hydrogen (secondary N) is 1. The van der Waals surface area contributed by atoms with E-state index < -0.39 is 5.54 Å². The van der Waals surface area contributed by atoms with Crippen LogP contribution in [0.5, 0.6) is 0 Å². The van der Waals surface area contributed by atoms with Gasteiger partial charge in [-0.1, -0.05) is 210 Å². The van der Waals surface area contributed by atoms with Crippen LogP contribution in [0, 0.1) is 0 Å². The van der Waals surface area contributed by atoms with Crippen LogP contribution in [0.15, 0.2) is 72.9 Å². The van der Waals surface area contributed by atoms with E-state index >= 15 is 0 Å². The van der Waals surface area contributed by atoms with Crippen molar-refractivity contribution >= 4 is 24.0 Å². The molecule has 0 radical (unpaired) electrons. The molecule has 0 aromatic heterocycles. The zero-order valence-electron chi connectivity index (χ0n) is 45.8. The van der Waals surface area contributed by atoms with E-state index in [9.17, 15) is 14.1 Å². The molecule has 0 bridgehead atoms. The van der Waals surface area contributed by atoms with Crippen molar-refractivity contribution in [2.75, 3.05) is 39.2 Å². The summed E-state index contributed by atoms with van der Waals surface area (Å²) in [7, 11) is 1.58. The molecular formula is C61H111NO6S. The summed E-state index contributed by atoms with van der Waals surface area (Å²) in [6, 6.07) is 0. The van der Waals surface area contributed by atoms with Crippen LogP contribution in [0.3, 0.4) is 0 Å². The lowest BCUT2D eigenvalue weighted by atomic mass is 10.0. The molecule has 0 aliphatic heterocycles. The minimum Gasteiger partial charge on any atom is -0.463 e. The Bertz CT molecular complexity index is 1180. The Morgan fingerprint density at radius 3 is 1.03 bits per heavy atom. The van der Waals surface area contributed by atoms with E-state index in [2.05, 4.69) is 106 Å². The summed E-state index contributed by atoms with van der Waals surface area (Å²) in [5.41, 5.74) is -0.869. The van der Waals surface area contributed by atoms with Crippen LogP contribution in [0.25, 0.3) is 0 Å². The zero-order chi connectivity index (χ0) is 50.7. The van der Waals surface area contributed by atoms with Gasteiger partial charge in [-0.25, -0.2) is 0 Å². The van der Waals surface area contributed by atoms with Gasteiger partial charge in [0.25, 0.3) is 0 Å². The molecule has 8 heteroatoms. The number of hydrogen-bond acceptors (Lipinski definition) is 8. The largest absolute Gasteiger partial charge is 0.463 e. The van der Waals surface area contributed by atoms with Gasteiger partial charge in [0.05, 0.1) is 6.61 Å². The fraction of sp³-hybridized carbons (Fsp3) is 0.770. The lowest BCUT2D eigenvalue weighted by Crippen LogP contribution is -2.57. The van der Waals surface area contributed by atoms with Crippen molar-refractivity contribution in [3.8, 4) is 0 Å². The second-order valence-corrected chi connectivity index (χ2v) is 19.7. The van der Waals surface area contributed by atoms with Crippen LogP contribution >= 0.6 is 12.0 Å². The smallest absolute Gasteiger partial charge is 0.305 e. The molecule has 0 rings (SSSR count). The highest BCUT2D eigenvalue weighted by molar-refractivity contribution is 7.93. The highest BCUT2D eigenvalue weighted by Gasteiger charge is 2.33.